The predicted octanol–water partition coefficient (Wildman–Crippen LogP) is -0.477. The maximum absolute atomic E-state index is 12.9. The van der Waals surface area contributed by atoms with Crippen LogP contribution in [0.5, 0.6) is 0 Å². The van der Waals surface area contributed by atoms with Crippen molar-refractivity contribution in [3.8, 4) is 0 Å². The van der Waals surface area contributed by atoms with Gasteiger partial charge in [-0.2, -0.15) is 0 Å². The molecule has 380 valence electrons. The highest BCUT2D eigenvalue weighted by Gasteiger charge is 2.26. The van der Waals surface area contributed by atoms with Crippen molar-refractivity contribution in [2.75, 3.05) is 125 Å². The molecule has 1 aliphatic heterocycles. The predicted molar refractivity (Wildman–Crippen MR) is 236 cm³/mol. The van der Waals surface area contributed by atoms with Gasteiger partial charge in [-0.05, 0) is 25.7 Å². The largest absolute Gasteiger partial charge is 0.480 e. The third-order valence-corrected chi connectivity index (χ3v) is 10.8. The molecule has 0 aliphatic carbocycles. The number of hydrogen-bond donors (Lipinski definition) is 8. The van der Waals surface area contributed by atoms with Crippen LogP contribution in [0.15, 0.2) is 0 Å². The Bertz CT molecular complexity index is 1510. The average Bonchev–Trinajstić information content (AvgIpc) is 3.25. The molecule has 0 aromatic carbocycles. The molecule has 0 aromatic heterocycles. The molecule has 0 spiro atoms. The van der Waals surface area contributed by atoms with Crippen LogP contribution in [0.3, 0.4) is 0 Å². The number of nitrogens with zero attached hydrogens (tertiary/aromatic N) is 4. The zero-order chi connectivity index (χ0) is 49.2. The number of carboxylic acids is 3. The fourth-order valence-electron chi connectivity index (χ4n) is 6.26. The lowest BCUT2D eigenvalue weighted by Crippen LogP contribution is -2.49. The van der Waals surface area contributed by atoms with E-state index in [-0.39, 0.29) is 96.1 Å². The molecule has 1 saturated heterocycles. The number of carboxylic acid groups (broad SMARTS) is 3. The number of rotatable bonds is 33. The second-order valence-corrected chi connectivity index (χ2v) is 16.9. The lowest BCUT2D eigenvalue weighted by atomic mass is 10.2. The first kappa shape index (κ1) is 59.5. The van der Waals surface area contributed by atoms with Gasteiger partial charge in [-0.1, -0.05) is 33.1 Å². The maximum atomic E-state index is 12.9. The molecule has 0 saturated carbocycles. The van der Waals surface area contributed by atoms with Gasteiger partial charge in [0.2, 0.25) is 11.8 Å². The number of nitrogens with one attached hydrogen (secondary N) is 4. The Labute approximate surface area is 386 Å². The molecule has 66 heavy (non-hydrogen) atoms. The van der Waals surface area contributed by atoms with Crippen molar-refractivity contribution >= 4 is 55.5 Å². The molecule has 0 bridgehead atoms. The first-order chi connectivity index (χ1) is 31.4. The molecular formula is C40H73N8O17P. The van der Waals surface area contributed by atoms with Crippen LogP contribution in [-0.4, -0.2) is 218 Å². The number of amides is 4. The minimum Gasteiger partial charge on any atom is -0.480 e. The first-order valence-corrected chi connectivity index (χ1v) is 24.0. The molecule has 26 heteroatoms. The summed E-state index contributed by atoms with van der Waals surface area (Å²) in [5.41, 5.74) is 0. The van der Waals surface area contributed by atoms with E-state index < -0.39 is 50.4 Å². The van der Waals surface area contributed by atoms with E-state index in [1.165, 1.54) is 0 Å². The van der Waals surface area contributed by atoms with Gasteiger partial charge in [-0.15, -0.1) is 0 Å². The monoisotopic (exact) mass is 968 g/mol. The normalized spacial score (nSPS) is 16.0. The van der Waals surface area contributed by atoms with E-state index in [1.807, 2.05) is 4.90 Å². The van der Waals surface area contributed by atoms with Crippen LogP contribution in [0.1, 0.15) is 78.1 Å². The molecule has 1 rings (SSSR count). The molecule has 1 heterocycles. The lowest BCUT2D eigenvalue weighted by molar-refractivity contribution is -0.160. The van der Waals surface area contributed by atoms with Crippen molar-refractivity contribution in [1.29, 1.82) is 0 Å². The summed E-state index contributed by atoms with van der Waals surface area (Å²) in [4.78, 5) is 111. The van der Waals surface area contributed by atoms with E-state index in [1.54, 1.807) is 28.5 Å². The van der Waals surface area contributed by atoms with Gasteiger partial charge in [0, 0.05) is 97.8 Å². The van der Waals surface area contributed by atoms with Crippen LogP contribution in [0, 0.1) is 0 Å². The lowest BCUT2D eigenvalue weighted by Gasteiger charge is -2.32. The Balaban J connectivity index is 2.23. The molecular weight excluding hydrogens is 895 g/mol. The standard InChI is InChI=1S/C40H73N8O17P/c1-3-38(57)62-30-32(65-39(58)4-2)31-64-66(60,61)63-25-16-42-33(49)12-8-7-11-15-44-40(59)43-14-10-6-5-9-13-41-34(50)26-45-17-19-46(27-35(51)52)21-23-48(29-37(55)56)24-22-47(20-18-45)28-36(53)54/h32H,3-31H2,1-2H3,(H,41,50)(H,42,49)(H,51,52)(H,53,54)(H,55,56)(H,60,61)(H2,43,44,59)/t32-/m0/s1. The fourth-order valence-corrected chi connectivity index (χ4v) is 7.01. The summed E-state index contributed by atoms with van der Waals surface area (Å²) in [6, 6.07) is -0.304. The van der Waals surface area contributed by atoms with Crippen molar-refractivity contribution in [1.82, 2.24) is 40.9 Å². The Morgan fingerprint density at radius 3 is 1.41 bits per heavy atom. The molecule has 2 atom stereocenters. The fraction of sp³-hybridized carbons (Fsp3) is 0.800. The van der Waals surface area contributed by atoms with E-state index in [9.17, 15) is 63.1 Å². The number of carbonyl (C=O) groups is 8. The number of esters is 2. The molecule has 1 aliphatic rings. The summed E-state index contributed by atoms with van der Waals surface area (Å²) >= 11 is 0. The van der Waals surface area contributed by atoms with Crippen molar-refractivity contribution in [3.05, 3.63) is 0 Å². The van der Waals surface area contributed by atoms with E-state index in [0.717, 1.165) is 25.7 Å². The SMILES string of the molecule is CCC(=O)OC[C@@H](COP(=O)(O)OCCNC(=O)CCCCCNC(=O)NCCCCCCNC(=O)CN1CCN(CC(=O)O)CCN(CC(=O)O)CCN(CC(=O)O)CC1)OC(=O)CC. The van der Waals surface area contributed by atoms with Crippen molar-refractivity contribution in [3.63, 3.8) is 0 Å². The Morgan fingerprint density at radius 2 is 0.955 bits per heavy atom. The summed E-state index contributed by atoms with van der Waals surface area (Å²) in [7, 11) is -4.56. The van der Waals surface area contributed by atoms with Crippen LogP contribution >= 0.6 is 7.82 Å². The van der Waals surface area contributed by atoms with Gasteiger partial charge >= 0.3 is 43.7 Å². The molecule has 8 N–H and O–H groups in total. The second-order valence-electron chi connectivity index (χ2n) is 15.5. The topological polar surface area (TPSA) is 333 Å². The van der Waals surface area contributed by atoms with Gasteiger partial charge in [0.1, 0.15) is 6.61 Å². The minimum atomic E-state index is -4.56. The van der Waals surface area contributed by atoms with Crippen LogP contribution in [-0.2, 0) is 56.6 Å². The third kappa shape index (κ3) is 33.1. The number of unbranched alkanes of at least 4 members (excludes halogenated alkanes) is 5. The second kappa shape index (κ2) is 35.7. The molecule has 0 radical (unpaired) electrons. The molecule has 25 nitrogen and oxygen atoms in total. The van der Waals surface area contributed by atoms with Gasteiger partial charge < -0.3 is 51.0 Å². The number of phosphoric ester groups is 1. The highest BCUT2D eigenvalue weighted by atomic mass is 31.2. The van der Waals surface area contributed by atoms with Crippen molar-refractivity contribution in [2.24, 2.45) is 0 Å². The number of hydrogen-bond acceptors (Lipinski definition) is 17. The quantitative estimate of drug-likeness (QED) is 0.0234. The first-order valence-electron chi connectivity index (χ1n) is 22.5. The molecule has 4 amide bonds. The number of aliphatic carboxylic acids is 3. The Morgan fingerprint density at radius 1 is 0.530 bits per heavy atom. The highest BCUT2D eigenvalue weighted by molar-refractivity contribution is 7.47. The van der Waals surface area contributed by atoms with E-state index in [0.29, 0.717) is 78.2 Å². The smallest absolute Gasteiger partial charge is 0.472 e. The van der Waals surface area contributed by atoms with Crippen molar-refractivity contribution < 1.29 is 81.7 Å². The van der Waals surface area contributed by atoms with E-state index in [4.69, 9.17) is 18.5 Å². The van der Waals surface area contributed by atoms with Crippen LogP contribution in [0.25, 0.3) is 0 Å². The average molecular weight is 969 g/mol. The number of urea groups is 1. The summed E-state index contributed by atoms with van der Waals surface area (Å²) in [6.07, 6.45) is 4.18. The number of phosphoric acid groups is 1. The van der Waals surface area contributed by atoms with Gasteiger partial charge in [-0.25, -0.2) is 9.36 Å². The third-order valence-electron chi connectivity index (χ3n) is 9.86. The van der Waals surface area contributed by atoms with Gasteiger partial charge in [0.25, 0.3) is 0 Å². The zero-order valence-electron chi connectivity index (χ0n) is 38.4. The number of ether oxygens (including phenoxy) is 2. The van der Waals surface area contributed by atoms with E-state index >= 15 is 0 Å². The molecule has 1 fully saturated rings. The van der Waals surface area contributed by atoms with Crippen LogP contribution in [0.4, 0.5) is 4.79 Å². The summed E-state index contributed by atoms with van der Waals surface area (Å²) < 4.78 is 31.9. The van der Waals surface area contributed by atoms with Crippen LogP contribution in [0.2, 0.25) is 0 Å². The number of carbonyl (C=O) groups excluding carboxylic acids is 5. The van der Waals surface area contributed by atoms with E-state index in [2.05, 4.69) is 21.3 Å². The van der Waals surface area contributed by atoms with Gasteiger partial charge in [-0.3, -0.25) is 62.2 Å². The maximum Gasteiger partial charge on any atom is 0.472 e. The Kier molecular flexibility index (Phi) is 32.2. The van der Waals surface area contributed by atoms with Gasteiger partial charge in [0.05, 0.1) is 39.4 Å². The summed E-state index contributed by atoms with van der Waals surface area (Å²) in [6.45, 7) is 4.94. The summed E-state index contributed by atoms with van der Waals surface area (Å²) in [5, 5.41) is 39.2. The summed E-state index contributed by atoms with van der Waals surface area (Å²) in [5.74, 6) is -4.75. The Hall–Kier alpha value is -4.49. The minimum absolute atomic E-state index is 0.0363. The van der Waals surface area contributed by atoms with Crippen molar-refractivity contribution in [2.45, 2.75) is 84.2 Å². The van der Waals surface area contributed by atoms with Crippen LogP contribution < -0.4 is 21.3 Å². The van der Waals surface area contributed by atoms with Gasteiger partial charge in [0.15, 0.2) is 6.10 Å². The highest BCUT2D eigenvalue weighted by Crippen LogP contribution is 2.43. The molecule has 1 unspecified atom stereocenters. The molecule has 0 aromatic rings. The zero-order valence-corrected chi connectivity index (χ0v) is 39.3.